The van der Waals surface area contributed by atoms with E-state index in [0.29, 0.717) is 11.8 Å². The summed E-state index contributed by atoms with van der Waals surface area (Å²) in [6, 6.07) is 19.5. The van der Waals surface area contributed by atoms with Gasteiger partial charge in [0.15, 0.2) is 0 Å². The third-order valence-electron chi connectivity index (χ3n) is 5.89. The van der Waals surface area contributed by atoms with Crippen LogP contribution in [0, 0.1) is 11.7 Å². The Morgan fingerprint density at radius 1 is 0.871 bits per heavy atom. The number of nitrogens with zero attached hydrogens (tertiary/aromatic N) is 1. The minimum atomic E-state index is -0.256. The SMILES string of the molecule is CC(C)Cc1cc2ccc(F)cc2c(-c2cc(C(C)C)cc3c2oc2ccccc23)n1. The fraction of sp³-hybridized carbons (Fsp3) is 0.250. The van der Waals surface area contributed by atoms with Crippen LogP contribution in [0.4, 0.5) is 4.39 Å². The molecule has 0 atom stereocenters. The van der Waals surface area contributed by atoms with E-state index in [1.807, 2.05) is 24.3 Å². The Hall–Kier alpha value is -3.20. The number of pyridine rings is 1. The van der Waals surface area contributed by atoms with Gasteiger partial charge in [-0.2, -0.15) is 0 Å². The maximum atomic E-state index is 14.3. The van der Waals surface area contributed by atoms with Crippen molar-refractivity contribution in [2.45, 2.75) is 40.0 Å². The molecule has 0 spiro atoms. The van der Waals surface area contributed by atoms with Crippen LogP contribution in [0.3, 0.4) is 0 Å². The number of fused-ring (bicyclic) bond motifs is 4. The Morgan fingerprint density at radius 2 is 1.68 bits per heavy atom. The Morgan fingerprint density at radius 3 is 2.45 bits per heavy atom. The molecule has 0 radical (unpaired) electrons. The van der Waals surface area contributed by atoms with Crippen LogP contribution < -0.4 is 0 Å². The fourth-order valence-electron chi connectivity index (χ4n) is 4.36. The largest absolute Gasteiger partial charge is 0.455 e. The second-order valence-electron chi connectivity index (χ2n) is 9.12. The third-order valence-corrected chi connectivity index (χ3v) is 5.89. The smallest absolute Gasteiger partial charge is 0.144 e. The summed E-state index contributed by atoms with van der Waals surface area (Å²) in [5.41, 5.74) is 5.62. The predicted molar refractivity (Wildman–Crippen MR) is 127 cm³/mol. The van der Waals surface area contributed by atoms with Gasteiger partial charge in [0.1, 0.15) is 17.0 Å². The van der Waals surface area contributed by atoms with Crippen molar-refractivity contribution in [3.63, 3.8) is 0 Å². The lowest BCUT2D eigenvalue weighted by Gasteiger charge is -2.14. The van der Waals surface area contributed by atoms with Gasteiger partial charge in [0.25, 0.3) is 0 Å². The van der Waals surface area contributed by atoms with Crippen LogP contribution in [0.5, 0.6) is 0 Å². The Bertz CT molecular complexity index is 1430. The molecular formula is C28H26FNO. The number of hydrogen-bond acceptors (Lipinski definition) is 2. The summed E-state index contributed by atoms with van der Waals surface area (Å²) in [6.07, 6.45) is 0.869. The first-order chi connectivity index (χ1) is 14.9. The number of halogens is 1. The average molecular weight is 412 g/mol. The minimum Gasteiger partial charge on any atom is -0.455 e. The van der Waals surface area contributed by atoms with E-state index in [4.69, 9.17) is 9.40 Å². The Balaban J connectivity index is 1.91. The fourth-order valence-corrected chi connectivity index (χ4v) is 4.36. The normalized spacial score (nSPS) is 12.1. The van der Waals surface area contributed by atoms with E-state index in [1.54, 1.807) is 6.07 Å². The first-order valence-electron chi connectivity index (χ1n) is 11.0. The van der Waals surface area contributed by atoms with Crippen LogP contribution >= 0.6 is 0 Å². The van der Waals surface area contributed by atoms with Crippen LogP contribution in [0.1, 0.15) is 44.9 Å². The zero-order valence-corrected chi connectivity index (χ0v) is 18.4. The highest BCUT2D eigenvalue weighted by atomic mass is 19.1. The summed E-state index contributed by atoms with van der Waals surface area (Å²) in [6.45, 7) is 8.75. The summed E-state index contributed by atoms with van der Waals surface area (Å²) in [7, 11) is 0. The summed E-state index contributed by atoms with van der Waals surface area (Å²) < 4.78 is 20.6. The number of furan rings is 1. The maximum absolute atomic E-state index is 14.3. The predicted octanol–water partition coefficient (Wildman–Crippen LogP) is 8.26. The van der Waals surface area contributed by atoms with Crippen LogP contribution in [0.15, 0.2) is 65.1 Å². The molecule has 0 fully saturated rings. The molecule has 0 amide bonds. The van der Waals surface area contributed by atoms with Crippen molar-refractivity contribution in [3.05, 3.63) is 77.7 Å². The van der Waals surface area contributed by atoms with Gasteiger partial charge in [-0.05, 0) is 65.6 Å². The van der Waals surface area contributed by atoms with Crippen molar-refractivity contribution in [2.24, 2.45) is 5.92 Å². The molecule has 0 N–H and O–H groups in total. The quantitative estimate of drug-likeness (QED) is 0.297. The second-order valence-corrected chi connectivity index (χ2v) is 9.12. The van der Waals surface area contributed by atoms with E-state index < -0.39 is 0 Å². The van der Waals surface area contributed by atoms with Crippen LogP contribution in [0.25, 0.3) is 44.0 Å². The summed E-state index contributed by atoms with van der Waals surface area (Å²) in [4.78, 5) is 5.05. The van der Waals surface area contributed by atoms with Gasteiger partial charge in [-0.25, -0.2) is 4.39 Å². The number of rotatable bonds is 4. The van der Waals surface area contributed by atoms with E-state index in [2.05, 4.69) is 52.0 Å². The Labute approximate surface area is 181 Å². The van der Waals surface area contributed by atoms with Gasteiger partial charge in [-0.15, -0.1) is 0 Å². The molecule has 0 aliphatic carbocycles. The first-order valence-corrected chi connectivity index (χ1v) is 11.0. The molecule has 31 heavy (non-hydrogen) atoms. The number of para-hydroxylation sites is 1. The monoisotopic (exact) mass is 411 g/mol. The highest BCUT2D eigenvalue weighted by Crippen LogP contribution is 2.40. The molecule has 0 saturated heterocycles. The molecule has 2 aromatic heterocycles. The molecule has 0 aliphatic rings. The third kappa shape index (κ3) is 3.48. The molecule has 0 aliphatic heterocycles. The van der Waals surface area contributed by atoms with E-state index in [0.717, 1.165) is 56.1 Å². The van der Waals surface area contributed by atoms with Crippen LogP contribution in [-0.4, -0.2) is 4.98 Å². The lowest BCUT2D eigenvalue weighted by atomic mass is 9.94. The van der Waals surface area contributed by atoms with Gasteiger partial charge in [0.2, 0.25) is 0 Å². The van der Waals surface area contributed by atoms with Crippen LogP contribution in [0.2, 0.25) is 0 Å². The Kier molecular flexibility index (Phi) is 4.77. The lowest BCUT2D eigenvalue weighted by Crippen LogP contribution is -2.00. The van der Waals surface area contributed by atoms with Crippen molar-refractivity contribution in [2.75, 3.05) is 0 Å². The van der Waals surface area contributed by atoms with Gasteiger partial charge in [-0.1, -0.05) is 52.0 Å². The van der Waals surface area contributed by atoms with E-state index in [9.17, 15) is 4.39 Å². The van der Waals surface area contributed by atoms with Crippen molar-refractivity contribution >= 4 is 32.7 Å². The maximum Gasteiger partial charge on any atom is 0.144 e. The molecule has 2 heterocycles. The van der Waals surface area contributed by atoms with Gasteiger partial charge >= 0.3 is 0 Å². The topological polar surface area (TPSA) is 26.0 Å². The lowest BCUT2D eigenvalue weighted by molar-refractivity contribution is 0.629. The van der Waals surface area contributed by atoms with Gasteiger partial charge in [-0.3, -0.25) is 4.98 Å². The highest BCUT2D eigenvalue weighted by molar-refractivity contribution is 6.12. The molecule has 0 bridgehead atoms. The van der Waals surface area contributed by atoms with E-state index in [-0.39, 0.29) is 5.82 Å². The zero-order chi connectivity index (χ0) is 21.7. The van der Waals surface area contributed by atoms with Gasteiger partial charge < -0.3 is 4.42 Å². The number of benzene rings is 3. The number of hydrogen-bond donors (Lipinski definition) is 0. The van der Waals surface area contributed by atoms with E-state index in [1.165, 1.54) is 11.6 Å². The summed E-state index contributed by atoms with van der Waals surface area (Å²) >= 11 is 0. The van der Waals surface area contributed by atoms with Gasteiger partial charge in [0, 0.05) is 27.4 Å². The molecule has 3 aromatic carbocycles. The molecule has 2 nitrogen and oxygen atoms in total. The summed E-state index contributed by atoms with van der Waals surface area (Å²) in [5, 5.41) is 3.99. The molecule has 3 heteroatoms. The molecule has 5 aromatic rings. The average Bonchev–Trinajstić information content (AvgIpc) is 3.11. The molecule has 0 saturated carbocycles. The zero-order valence-electron chi connectivity index (χ0n) is 18.4. The van der Waals surface area contributed by atoms with Gasteiger partial charge in [0.05, 0.1) is 5.69 Å². The van der Waals surface area contributed by atoms with E-state index >= 15 is 0 Å². The standard InChI is InChI=1S/C28H26FNO/c1-16(2)11-21-12-18-9-10-20(29)15-23(18)27(30-21)25-14-19(17(3)4)13-24-22-7-5-6-8-26(22)31-28(24)25/h5-10,12-17H,11H2,1-4H3. The van der Waals surface area contributed by atoms with Crippen molar-refractivity contribution < 1.29 is 8.81 Å². The molecule has 0 unspecified atom stereocenters. The van der Waals surface area contributed by atoms with Crippen LogP contribution in [-0.2, 0) is 6.42 Å². The van der Waals surface area contributed by atoms with Crippen molar-refractivity contribution in [1.29, 1.82) is 0 Å². The summed E-state index contributed by atoms with van der Waals surface area (Å²) in [5.74, 6) is 0.568. The molecular weight excluding hydrogens is 385 g/mol. The van der Waals surface area contributed by atoms with Crippen molar-refractivity contribution in [3.8, 4) is 11.3 Å². The second kappa shape index (κ2) is 7.49. The first kappa shape index (κ1) is 19.7. The molecule has 156 valence electrons. The number of aromatic nitrogens is 1. The highest BCUT2D eigenvalue weighted by Gasteiger charge is 2.19. The molecule has 5 rings (SSSR count). The minimum absolute atomic E-state index is 0.256. The van der Waals surface area contributed by atoms with Crippen molar-refractivity contribution in [1.82, 2.24) is 4.98 Å².